The monoisotopic (exact) mass is 492 g/mol. The van der Waals surface area contributed by atoms with Crippen molar-refractivity contribution >= 4 is 43.0 Å². The van der Waals surface area contributed by atoms with Crippen LogP contribution in [0.25, 0.3) is 6.08 Å². The van der Waals surface area contributed by atoms with Crippen LogP contribution in [0.2, 0.25) is 0 Å². The number of aromatic nitrogens is 2. The Bertz CT molecular complexity index is 1120. The highest BCUT2D eigenvalue weighted by Gasteiger charge is 2.20. The van der Waals surface area contributed by atoms with Gasteiger partial charge in [-0.2, -0.15) is 0 Å². The van der Waals surface area contributed by atoms with E-state index in [4.69, 9.17) is 15.5 Å². The average Bonchev–Trinajstić information content (AvgIpc) is 2.76. The van der Waals surface area contributed by atoms with E-state index in [1.165, 1.54) is 11.1 Å². The van der Waals surface area contributed by atoms with Gasteiger partial charge in [0.05, 0.1) is 13.2 Å². The van der Waals surface area contributed by atoms with E-state index >= 15 is 0 Å². The summed E-state index contributed by atoms with van der Waals surface area (Å²) in [7, 11) is -4.70. The molecular formula is C21H25N4O6PS. The Balaban J connectivity index is 2.34. The van der Waals surface area contributed by atoms with Gasteiger partial charge >= 0.3 is 7.82 Å². The molecule has 0 bridgehead atoms. The summed E-state index contributed by atoms with van der Waals surface area (Å²) in [5.74, 6) is 0.706. The minimum absolute atomic E-state index is 0.0152. The molecule has 2 rings (SSSR count). The summed E-state index contributed by atoms with van der Waals surface area (Å²) in [5.41, 5.74) is 8.01. The summed E-state index contributed by atoms with van der Waals surface area (Å²) in [6.45, 7) is 6.68. The van der Waals surface area contributed by atoms with Gasteiger partial charge in [-0.05, 0) is 37.2 Å². The molecule has 0 atom stereocenters. The SMILES string of the molecule is C=Cc1cccc(C(=O)S/C(CCOP(=O)(O)O)=C(/C)N(C=O)Cc2cnc(C)nc2N)c1. The van der Waals surface area contributed by atoms with Gasteiger partial charge in [-0.1, -0.05) is 30.9 Å². The number of hydrogen-bond donors (Lipinski definition) is 3. The molecule has 33 heavy (non-hydrogen) atoms. The summed E-state index contributed by atoms with van der Waals surface area (Å²) >= 11 is 0.847. The Morgan fingerprint density at radius 3 is 2.73 bits per heavy atom. The molecule has 0 saturated heterocycles. The summed E-state index contributed by atoms with van der Waals surface area (Å²) in [5, 5.41) is -0.312. The number of nitrogen functional groups attached to an aromatic ring is 1. The maximum Gasteiger partial charge on any atom is 0.469 e. The first-order valence-electron chi connectivity index (χ1n) is 9.68. The van der Waals surface area contributed by atoms with Crippen LogP contribution in [-0.2, 0) is 20.4 Å². The number of carbonyl (C=O) groups excluding carboxylic acids is 2. The lowest BCUT2D eigenvalue weighted by molar-refractivity contribution is -0.116. The number of anilines is 1. The lowest BCUT2D eigenvalue weighted by Gasteiger charge is -2.22. The molecule has 2 aromatic rings. The zero-order valence-corrected chi connectivity index (χ0v) is 19.9. The standard InChI is InChI=1S/C21H25N4O6PS/c1-4-16-6-5-7-17(10-16)21(27)33-19(8-9-31-32(28,29)30)14(2)25(13-26)12-18-11-23-15(3)24-20(18)22/h4-7,10-11,13H,1,8-9,12H2,2-3H3,(H2,22,23,24)(H2,28,29,30)/b19-14-. The molecule has 4 N–H and O–H groups in total. The third-order valence-corrected chi connectivity index (χ3v) is 6.17. The third-order valence-electron chi connectivity index (χ3n) is 4.48. The molecule has 0 fully saturated rings. The van der Waals surface area contributed by atoms with Gasteiger partial charge in [0, 0.05) is 34.3 Å². The van der Waals surface area contributed by atoms with Gasteiger partial charge < -0.3 is 20.4 Å². The minimum atomic E-state index is -4.70. The normalized spacial score (nSPS) is 12.1. The van der Waals surface area contributed by atoms with E-state index in [1.807, 2.05) is 0 Å². The number of thioether (sulfide) groups is 1. The molecule has 0 radical (unpaired) electrons. The largest absolute Gasteiger partial charge is 0.469 e. The number of carbonyl (C=O) groups is 2. The first-order valence-corrected chi connectivity index (χ1v) is 12.0. The van der Waals surface area contributed by atoms with Crippen molar-refractivity contribution in [3.63, 3.8) is 0 Å². The first kappa shape index (κ1) is 26.4. The third kappa shape index (κ3) is 8.23. The van der Waals surface area contributed by atoms with Crippen LogP contribution >= 0.6 is 19.6 Å². The lowest BCUT2D eigenvalue weighted by Crippen LogP contribution is -2.22. The quantitative estimate of drug-likeness (QED) is 0.314. The molecule has 1 aromatic carbocycles. The van der Waals surface area contributed by atoms with Gasteiger partial charge in [0.2, 0.25) is 11.5 Å². The number of benzene rings is 1. The van der Waals surface area contributed by atoms with Crippen molar-refractivity contribution in [1.82, 2.24) is 14.9 Å². The Morgan fingerprint density at radius 2 is 2.12 bits per heavy atom. The molecule has 12 heteroatoms. The zero-order valence-electron chi connectivity index (χ0n) is 18.2. The van der Waals surface area contributed by atoms with E-state index in [0.717, 1.165) is 17.3 Å². The number of phosphoric ester groups is 1. The number of rotatable bonds is 11. The van der Waals surface area contributed by atoms with Gasteiger partial charge in [-0.15, -0.1) is 0 Å². The summed E-state index contributed by atoms with van der Waals surface area (Å²) in [6.07, 6.45) is 3.68. The van der Waals surface area contributed by atoms with Crippen molar-refractivity contribution in [1.29, 1.82) is 0 Å². The van der Waals surface area contributed by atoms with Crippen molar-refractivity contribution < 1.29 is 28.5 Å². The smallest absolute Gasteiger partial charge is 0.383 e. The van der Waals surface area contributed by atoms with Crippen LogP contribution in [0.3, 0.4) is 0 Å². The molecule has 0 aliphatic heterocycles. The molecule has 1 heterocycles. The molecule has 10 nitrogen and oxygen atoms in total. The van der Waals surface area contributed by atoms with Gasteiger partial charge in [-0.25, -0.2) is 14.5 Å². The van der Waals surface area contributed by atoms with Crippen LogP contribution in [0.5, 0.6) is 0 Å². The highest BCUT2D eigenvalue weighted by molar-refractivity contribution is 8.17. The number of nitrogens with two attached hydrogens (primary N) is 1. The maximum atomic E-state index is 12.9. The van der Waals surface area contributed by atoms with E-state index in [1.54, 1.807) is 44.2 Å². The average molecular weight is 492 g/mol. The van der Waals surface area contributed by atoms with Crippen LogP contribution in [-0.4, -0.2) is 42.8 Å². The van der Waals surface area contributed by atoms with Crippen molar-refractivity contribution in [2.24, 2.45) is 0 Å². The second-order valence-corrected chi connectivity index (χ2v) is 9.17. The molecule has 1 amide bonds. The highest BCUT2D eigenvalue weighted by atomic mass is 32.2. The number of phosphoric acid groups is 1. The van der Waals surface area contributed by atoms with E-state index in [-0.39, 0.29) is 30.5 Å². The molecule has 176 valence electrons. The summed E-state index contributed by atoms with van der Waals surface area (Å²) in [4.78, 5) is 52.6. The van der Waals surface area contributed by atoms with Crippen LogP contribution in [0.4, 0.5) is 5.82 Å². The fourth-order valence-electron chi connectivity index (χ4n) is 2.74. The zero-order chi connectivity index (χ0) is 24.6. The number of allylic oxidation sites excluding steroid dienone is 1. The Kier molecular flexibility index (Phi) is 9.51. The topological polar surface area (TPSA) is 156 Å². The summed E-state index contributed by atoms with van der Waals surface area (Å²) in [6, 6.07) is 6.83. The van der Waals surface area contributed by atoms with Crippen LogP contribution in [0.15, 0.2) is 47.6 Å². The van der Waals surface area contributed by atoms with Gasteiger partial charge in [0.25, 0.3) is 0 Å². The lowest BCUT2D eigenvalue weighted by atomic mass is 10.1. The Hall–Kier alpha value is -2.82. The molecule has 0 spiro atoms. The molecule has 0 unspecified atom stereocenters. The fraction of sp³-hybridized carbons (Fsp3) is 0.238. The molecule has 0 aliphatic carbocycles. The van der Waals surface area contributed by atoms with Crippen LogP contribution in [0.1, 0.15) is 40.7 Å². The number of amides is 1. The predicted molar refractivity (Wildman–Crippen MR) is 127 cm³/mol. The minimum Gasteiger partial charge on any atom is -0.383 e. The van der Waals surface area contributed by atoms with Crippen molar-refractivity contribution in [2.75, 3.05) is 12.3 Å². The van der Waals surface area contributed by atoms with Crippen LogP contribution in [0, 0.1) is 6.92 Å². The summed E-state index contributed by atoms with van der Waals surface area (Å²) < 4.78 is 15.6. The first-order chi connectivity index (χ1) is 15.5. The Labute approximate surface area is 195 Å². The second kappa shape index (κ2) is 11.9. The van der Waals surface area contributed by atoms with Gasteiger partial charge in [0.15, 0.2) is 0 Å². The fourth-order valence-corrected chi connectivity index (χ4v) is 3.99. The van der Waals surface area contributed by atoms with E-state index in [9.17, 15) is 14.2 Å². The van der Waals surface area contributed by atoms with Crippen molar-refractivity contribution in [3.05, 3.63) is 70.2 Å². The van der Waals surface area contributed by atoms with E-state index < -0.39 is 7.82 Å². The maximum absolute atomic E-state index is 12.9. The Morgan fingerprint density at radius 1 is 1.39 bits per heavy atom. The molecular weight excluding hydrogens is 467 g/mol. The van der Waals surface area contributed by atoms with Crippen LogP contribution < -0.4 is 5.73 Å². The van der Waals surface area contributed by atoms with Crippen molar-refractivity contribution in [2.45, 2.75) is 26.8 Å². The number of hydrogen-bond acceptors (Lipinski definition) is 8. The van der Waals surface area contributed by atoms with E-state index in [2.05, 4.69) is 21.1 Å². The molecule has 1 aromatic heterocycles. The van der Waals surface area contributed by atoms with Crippen molar-refractivity contribution in [3.8, 4) is 0 Å². The molecule has 0 saturated carbocycles. The number of aryl methyl sites for hydroxylation is 1. The number of nitrogens with zero attached hydrogens (tertiary/aromatic N) is 3. The molecule has 0 aliphatic rings. The highest BCUT2D eigenvalue weighted by Crippen LogP contribution is 2.37. The second-order valence-electron chi connectivity index (χ2n) is 6.86. The predicted octanol–water partition coefficient (Wildman–Crippen LogP) is 3.27. The van der Waals surface area contributed by atoms with Gasteiger partial charge in [-0.3, -0.25) is 14.1 Å². The van der Waals surface area contributed by atoms with E-state index in [0.29, 0.717) is 34.0 Å². The van der Waals surface area contributed by atoms with Gasteiger partial charge in [0.1, 0.15) is 11.6 Å².